The molecule has 3 rings (SSSR count). The molecular weight excluding hydrogens is 403 g/mol. The lowest BCUT2D eigenvalue weighted by Crippen LogP contribution is -2.14. The van der Waals surface area contributed by atoms with Crippen molar-refractivity contribution in [1.82, 2.24) is 0 Å². The lowest BCUT2D eigenvalue weighted by Gasteiger charge is -2.25. The highest BCUT2D eigenvalue weighted by Crippen LogP contribution is 2.41. The summed E-state index contributed by atoms with van der Waals surface area (Å²) >= 11 is 0. The third-order valence-electron chi connectivity index (χ3n) is 5.73. The minimum Gasteiger partial charge on any atom is -0.392 e. The molecule has 1 saturated carbocycles. The molecule has 0 saturated heterocycles. The number of nitrogens with one attached hydrogen (secondary N) is 1. The molecule has 0 aliphatic heterocycles. The second kappa shape index (κ2) is 11.2. The lowest BCUT2D eigenvalue weighted by molar-refractivity contribution is -0.138. The molecule has 0 spiro atoms. The standard InChI is InChI=1S/C14H17F3O.C11H13NO/c15-14(16,17)13-8-10(9-18)6-7-12(13)11-4-2-1-3-5-11;1-3-9-6-10(8(2)12)4-5-11(9)7-13/h6-8,11,18H,1-5,9H2;4-7,12H,3H2,1-2H3. The summed E-state index contributed by atoms with van der Waals surface area (Å²) in [6.07, 6.45) is 2.15. The van der Waals surface area contributed by atoms with E-state index in [4.69, 9.17) is 10.5 Å². The molecule has 0 unspecified atom stereocenters. The number of carbonyl (C=O) groups excluding carboxylic acids is 1. The zero-order valence-corrected chi connectivity index (χ0v) is 18.1. The lowest BCUT2D eigenvalue weighted by atomic mass is 9.81. The van der Waals surface area contributed by atoms with Crippen molar-refractivity contribution < 1.29 is 23.1 Å². The average Bonchev–Trinajstić information content (AvgIpc) is 2.78. The molecule has 2 N–H and O–H groups in total. The third kappa shape index (κ3) is 6.76. The van der Waals surface area contributed by atoms with Crippen molar-refractivity contribution in [3.05, 3.63) is 69.8 Å². The molecule has 0 amide bonds. The van der Waals surface area contributed by atoms with Crippen LogP contribution in [0.1, 0.15) is 90.0 Å². The number of aldehydes is 1. The second-order valence-corrected chi connectivity index (χ2v) is 7.92. The smallest absolute Gasteiger partial charge is 0.392 e. The van der Waals surface area contributed by atoms with Gasteiger partial charge in [-0.15, -0.1) is 0 Å². The van der Waals surface area contributed by atoms with Crippen LogP contribution in [0.25, 0.3) is 0 Å². The van der Waals surface area contributed by atoms with Gasteiger partial charge in [0.15, 0.2) is 0 Å². The van der Waals surface area contributed by atoms with E-state index in [1.807, 2.05) is 19.1 Å². The predicted molar refractivity (Wildman–Crippen MR) is 117 cm³/mol. The van der Waals surface area contributed by atoms with Crippen LogP contribution in [-0.4, -0.2) is 17.1 Å². The normalized spacial score (nSPS) is 14.5. The summed E-state index contributed by atoms with van der Waals surface area (Å²) in [7, 11) is 0. The Balaban J connectivity index is 0.000000233. The van der Waals surface area contributed by atoms with Crippen LogP contribution in [0, 0.1) is 5.41 Å². The monoisotopic (exact) mass is 433 g/mol. The summed E-state index contributed by atoms with van der Waals surface area (Å²) in [6, 6.07) is 9.73. The predicted octanol–water partition coefficient (Wildman–Crippen LogP) is 6.69. The molecule has 2 aromatic rings. The van der Waals surface area contributed by atoms with Crippen LogP contribution in [0.3, 0.4) is 0 Å². The molecule has 31 heavy (non-hydrogen) atoms. The van der Waals surface area contributed by atoms with Crippen molar-refractivity contribution in [2.45, 2.75) is 71.1 Å². The van der Waals surface area contributed by atoms with Gasteiger partial charge in [0.05, 0.1) is 12.2 Å². The molecule has 2 aromatic carbocycles. The molecule has 6 heteroatoms. The van der Waals surface area contributed by atoms with E-state index < -0.39 is 11.7 Å². The fraction of sp³-hybridized carbons (Fsp3) is 0.440. The Morgan fingerprint density at radius 1 is 1.13 bits per heavy atom. The topological polar surface area (TPSA) is 61.2 Å². The van der Waals surface area contributed by atoms with E-state index in [1.165, 1.54) is 0 Å². The summed E-state index contributed by atoms with van der Waals surface area (Å²) in [5.41, 5.74) is 3.32. The van der Waals surface area contributed by atoms with Crippen molar-refractivity contribution in [2.24, 2.45) is 0 Å². The van der Waals surface area contributed by atoms with Gasteiger partial charge in [-0.3, -0.25) is 4.79 Å². The number of aliphatic hydroxyl groups excluding tert-OH is 1. The number of rotatable bonds is 5. The average molecular weight is 434 g/mol. The number of aryl methyl sites for hydroxylation is 1. The van der Waals surface area contributed by atoms with E-state index in [9.17, 15) is 18.0 Å². The zero-order valence-electron chi connectivity index (χ0n) is 18.1. The van der Waals surface area contributed by atoms with Crippen molar-refractivity contribution >= 4 is 12.0 Å². The summed E-state index contributed by atoms with van der Waals surface area (Å²) in [6.45, 7) is 3.40. The number of alkyl halides is 3. The fourth-order valence-corrected chi connectivity index (χ4v) is 3.98. The van der Waals surface area contributed by atoms with Gasteiger partial charge < -0.3 is 10.5 Å². The van der Waals surface area contributed by atoms with Gasteiger partial charge >= 0.3 is 6.18 Å². The van der Waals surface area contributed by atoms with Crippen LogP contribution in [0.4, 0.5) is 13.2 Å². The van der Waals surface area contributed by atoms with Gasteiger partial charge in [-0.2, -0.15) is 13.2 Å². The molecule has 3 nitrogen and oxygen atoms in total. The number of hydrogen-bond donors (Lipinski definition) is 2. The Labute approximate surface area is 181 Å². The molecule has 1 aliphatic carbocycles. The summed E-state index contributed by atoms with van der Waals surface area (Å²) in [4.78, 5) is 10.6. The molecule has 0 atom stereocenters. The molecule has 0 heterocycles. The van der Waals surface area contributed by atoms with E-state index in [1.54, 1.807) is 25.1 Å². The Hall–Kier alpha value is -2.47. The number of halogens is 3. The Bertz CT molecular complexity index is 900. The van der Waals surface area contributed by atoms with Gasteiger partial charge in [0.1, 0.15) is 6.29 Å². The first-order valence-electron chi connectivity index (χ1n) is 10.7. The van der Waals surface area contributed by atoms with E-state index in [0.29, 0.717) is 16.8 Å². The quantitative estimate of drug-likeness (QED) is 0.407. The first-order chi connectivity index (χ1) is 14.7. The van der Waals surface area contributed by atoms with Gasteiger partial charge in [0.2, 0.25) is 0 Å². The van der Waals surface area contributed by atoms with Crippen LogP contribution in [-0.2, 0) is 19.2 Å². The number of carbonyl (C=O) groups is 1. The minimum absolute atomic E-state index is 0.0168. The van der Waals surface area contributed by atoms with Crippen LogP contribution in [0.2, 0.25) is 0 Å². The minimum atomic E-state index is -4.34. The van der Waals surface area contributed by atoms with Gasteiger partial charge in [0, 0.05) is 11.3 Å². The first-order valence-corrected chi connectivity index (χ1v) is 10.7. The number of benzene rings is 2. The van der Waals surface area contributed by atoms with Gasteiger partial charge in [-0.1, -0.05) is 50.5 Å². The van der Waals surface area contributed by atoms with E-state index in [2.05, 4.69) is 0 Å². The third-order valence-corrected chi connectivity index (χ3v) is 5.73. The van der Waals surface area contributed by atoms with E-state index >= 15 is 0 Å². The molecular formula is C25H30F3NO2. The molecule has 1 aliphatic rings. The molecule has 0 radical (unpaired) electrons. The molecule has 1 fully saturated rings. The molecule has 0 aromatic heterocycles. The Morgan fingerprint density at radius 2 is 1.81 bits per heavy atom. The fourth-order valence-electron chi connectivity index (χ4n) is 3.98. The highest BCUT2D eigenvalue weighted by molar-refractivity contribution is 5.97. The Kier molecular flexibility index (Phi) is 8.99. The maximum Gasteiger partial charge on any atom is 0.416 e. The van der Waals surface area contributed by atoms with Gasteiger partial charge in [-0.25, -0.2) is 0 Å². The number of hydrogen-bond acceptors (Lipinski definition) is 3. The SMILES string of the molecule is CCc1cc(C(C)=N)ccc1C=O.OCc1ccc(C2CCCCC2)c(C(F)(F)F)c1. The highest BCUT2D eigenvalue weighted by atomic mass is 19.4. The summed E-state index contributed by atoms with van der Waals surface area (Å²) in [5, 5.41) is 16.4. The molecule has 0 bridgehead atoms. The van der Waals surface area contributed by atoms with Crippen molar-refractivity contribution in [1.29, 1.82) is 5.41 Å². The summed E-state index contributed by atoms with van der Waals surface area (Å²) < 4.78 is 39.1. The largest absolute Gasteiger partial charge is 0.416 e. The second-order valence-electron chi connectivity index (χ2n) is 7.92. The maximum absolute atomic E-state index is 13.0. The first kappa shape index (κ1) is 24.8. The zero-order chi connectivity index (χ0) is 23.0. The number of aliphatic hydroxyl groups is 1. The van der Waals surface area contributed by atoms with Crippen LogP contribution >= 0.6 is 0 Å². The van der Waals surface area contributed by atoms with E-state index in [-0.39, 0.29) is 12.5 Å². The molecule has 168 valence electrons. The van der Waals surface area contributed by atoms with Crippen molar-refractivity contribution in [3.8, 4) is 0 Å². The highest BCUT2D eigenvalue weighted by Gasteiger charge is 2.35. The van der Waals surface area contributed by atoms with Crippen LogP contribution in [0.15, 0.2) is 36.4 Å². The Morgan fingerprint density at radius 3 is 2.32 bits per heavy atom. The van der Waals surface area contributed by atoms with Crippen molar-refractivity contribution in [2.75, 3.05) is 0 Å². The van der Waals surface area contributed by atoms with Gasteiger partial charge in [-0.05, 0) is 66.5 Å². The van der Waals surface area contributed by atoms with Gasteiger partial charge in [0.25, 0.3) is 0 Å². The summed E-state index contributed by atoms with van der Waals surface area (Å²) in [5.74, 6) is 0.0168. The van der Waals surface area contributed by atoms with E-state index in [0.717, 1.165) is 67.6 Å². The van der Waals surface area contributed by atoms with Crippen LogP contribution < -0.4 is 0 Å². The van der Waals surface area contributed by atoms with Crippen molar-refractivity contribution in [3.63, 3.8) is 0 Å². The van der Waals surface area contributed by atoms with Crippen LogP contribution in [0.5, 0.6) is 0 Å². The maximum atomic E-state index is 13.0.